The maximum absolute atomic E-state index is 13.7. The van der Waals surface area contributed by atoms with Gasteiger partial charge in [-0.2, -0.15) is 0 Å². The van der Waals surface area contributed by atoms with E-state index >= 15 is 0 Å². The van der Waals surface area contributed by atoms with Gasteiger partial charge in [-0.15, -0.1) is 5.92 Å². The third-order valence-corrected chi connectivity index (χ3v) is 8.27. The van der Waals surface area contributed by atoms with E-state index in [2.05, 4.69) is 70.6 Å². The predicted octanol–water partition coefficient (Wildman–Crippen LogP) is 4.20. The van der Waals surface area contributed by atoms with E-state index in [1.165, 1.54) is 21.6 Å². The van der Waals surface area contributed by atoms with Crippen LogP contribution in [0.1, 0.15) is 49.3 Å². The van der Waals surface area contributed by atoms with Gasteiger partial charge in [-0.3, -0.25) is 14.6 Å². The molecular weight excluding hydrogens is 434 g/mol. The number of imide groups is 1. The van der Waals surface area contributed by atoms with Crippen molar-refractivity contribution in [3.63, 3.8) is 0 Å². The largest absolute Gasteiger partial charge is 0.325 e. The van der Waals surface area contributed by atoms with E-state index in [1.807, 2.05) is 6.07 Å². The van der Waals surface area contributed by atoms with Gasteiger partial charge in [0.2, 0.25) is 0 Å². The zero-order valence-corrected chi connectivity index (χ0v) is 20.6. The molecule has 1 aliphatic carbocycles. The molecule has 0 aromatic heterocycles. The first kappa shape index (κ1) is 23.6. The maximum Gasteiger partial charge on any atom is 0.325 e. The summed E-state index contributed by atoms with van der Waals surface area (Å²) in [6, 6.07) is 19.4. The number of piperidine rings is 1. The monoisotopic (exact) mass is 469 g/mol. The molecule has 1 atom stereocenters. The number of carbonyl (C=O) groups is 2. The van der Waals surface area contributed by atoms with Crippen LogP contribution in [0.5, 0.6) is 0 Å². The van der Waals surface area contributed by atoms with E-state index in [0.717, 1.165) is 51.6 Å². The van der Waals surface area contributed by atoms with Gasteiger partial charge in [-0.25, -0.2) is 4.79 Å². The van der Waals surface area contributed by atoms with Crippen molar-refractivity contribution in [2.24, 2.45) is 5.92 Å². The van der Waals surface area contributed by atoms with Crippen molar-refractivity contribution in [2.75, 3.05) is 19.6 Å². The number of amides is 3. The number of likely N-dealkylation sites (tertiary alicyclic amines) is 1. The molecule has 0 radical (unpaired) electrons. The molecule has 0 spiro atoms. The Bertz CT molecular complexity index is 1100. The molecule has 2 aromatic carbocycles. The molecule has 0 saturated carbocycles. The lowest BCUT2D eigenvalue weighted by Gasteiger charge is -2.42. The summed E-state index contributed by atoms with van der Waals surface area (Å²) in [5.74, 6) is 5.80. The minimum Gasteiger partial charge on any atom is -0.323 e. The molecule has 182 valence electrons. The molecule has 2 saturated heterocycles. The SMILES string of the molecule is CC#CCN1C(=O)N[C@@](CCCc2ccccc2)(C2CCN(C3Cc4ccccc4C3)CC2)C1=O. The molecule has 3 amide bonds. The van der Waals surface area contributed by atoms with Crippen molar-refractivity contribution in [3.8, 4) is 11.8 Å². The number of urea groups is 1. The second kappa shape index (κ2) is 10.3. The molecule has 2 aliphatic heterocycles. The zero-order valence-electron chi connectivity index (χ0n) is 20.6. The Balaban J connectivity index is 1.28. The second-order valence-corrected chi connectivity index (χ2v) is 10.2. The predicted molar refractivity (Wildman–Crippen MR) is 138 cm³/mol. The lowest BCUT2D eigenvalue weighted by molar-refractivity contribution is -0.134. The van der Waals surface area contributed by atoms with Gasteiger partial charge in [-0.05, 0) is 87.6 Å². The smallest absolute Gasteiger partial charge is 0.323 e. The number of nitrogens with one attached hydrogen (secondary N) is 1. The minimum absolute atomic E-state index is 0.0787. The fourth-order valence-corrected chi connectivity index (χ4v) is 6.36. The van der Waals surface area contributed by atoms with Crippen molar-refractivity contribution < 1.29 is 9.59 Å². The first-order valence-electron chi connectivity index (χ1n) is 13.0. The topological polar surface area (TPSA) is 52.7 Å². The highest BCUT2D eigenvalue weighted by atomic mass is 16.2. The molecule has 5 nitrogen and oxygen atoms in total. The molecule has 2 fully saturated rings. The number of aryl methyl sites for hydroxylation is 1. The lowest BCUT2D eigenvalue weighted by Crippen LogP contribution is -2.57. The van der Waals surface area contributed by atoms with Crippen LogP contribution in [0.25, 0.3) is 0 Å². The van der Waals surface area contributed by atoms with Gasteiger partial charge in [0.1, 0.15) is 5.54 Å². The lowest BCUT2D eigenvalue weighted by atomic mass is 9.74. The quantitative estimate of drug-likeness (QED) is 0.488. The molecule has 0 unspecified atom stereocenters. The summed E-state index contributed by atoms with van der Waals surface area (Å²) < 4.78 is 0. The number of hydrogen-bond donors (Lipinski definition) is 1. The second-order valence-electron chi connectivity index (χ2n) is 10.2. The standard InChI is InChI=1S/C30H35N3O2/c1-2-3-18-33-28(34)30(31-29(33)35,17-9-12-23-10-5-4-6-11-23)26-15-19-32(20-16-26)27-21-24-13-7-8-14-25(24)22-27/h4-8,10-11,13-14,26-27H,9,12,15-22H2,1H3,(H,31,35)/t30-/m0/s1. The van der Waals surface area contributed by atoms with Crippen LogP contribution in [0, 0.1) is 17.8 Å². The molecule has 1 N–H and O–H groups in total. The van der Waals surface area contributed by atoms with Crippen LogP contribution in [-0.2, 0) is 24.1 Å². The Kier molecular flexibility index (Phi) is 6.92. The molecule has 3 aliphatic rings. The van der Waals surface area contributed by atoms with E-state index in [9.17, 15) is 9.59 Å². The van der Waals surface area contributed by atoms with Crippen LogP contribution >= 0.6 is 0 Å². The summed E-state index contributed by atoms with van der Waals surface area (Å²) in [6.45, 7) is 3.85. The fourth-order valence-electron chi connectivity index (χ4n) is 6.36. The van der Waals surface area contributed by atoms with Gasteiger partial charge in [0.05, 0.1) is 6.54 Å². The molecule has 0 bridgehead atoms. The van der Waals surface area contributed by atoms with Crippen molar-refractivity contribution in [2.45, 2.75) is 63.5 Å². The minimum atomic E-state index is -0.813. The summed E-state index contributed by atoms with van der Waals surface area (Å²) in [5.41, 5.74) is 3.40. The summed E-state index contributed by atoms with van der Waals surface area (Å²) >= 11 is 0. The summed E-state index contributed by atoms with van der Waals surface area (Å²) in [5, 5.41) is 3.18. The van der Waals surface area contributed by atoms with E-state index in [0.29, 0.717) is 12.5 Å². The van der Waals surface area contributed by atoms with Crippen LogP contribution < -0.4 is 5.32 Å². The molecule has 2 aromatic rings. The third kappa shape index (κ3) is 4.73. The van der Waals surface area contributed by atoms with Crippen LogP contribution in [0.3, 0.4) is 0 Å². The van der Waals surface area contributed by atoms with E-state index in [-0.39, 0.29) is 24.4 Å². The fraction of sp³-hybridized carbons (Fsp3) is 0.467. The number of hydrogen-bond acceptors (Lipinski definition) is 3. The van der Waals surface area contributed by atoms with Gasteiger partial charge < -0.3 is 5.32 Å². The summed E-state index contributed by atoms with van der Waals surface area (Å²) in [6.07, 6.45) is 6.52. The van der Waals surface area contributed by atoms with Crippen molar-refractivity contribution in [3.05, 3.63) is 71.3 Å². The molecular formula is C30H35N3O2. The van der Waals surface area contributed by atoms with Crippen molar-refractivity contribution in [1.29, 1.82) is 0 Å². The Morgan fingerprint density at radius 3 is 2.29 bits per heavy atom. The first-order chi connectivity index (χ1) is 17.1. The maximum atomic E-state index is 13.7. The average molecular weight is 470 g/mol. The van der Waals surface area contributed by atoms with Crippen LogP contribution in [0.2, 0.25) is 0 Å². The van der Waals surface area contributed by atoms with E-state index in [4.69, 9.17) is 0 Å². The number of benzene rings is 2. The number of carbonyl (C=O) groups excluding carboxylic acids is 2. The average Bonchev–Trinajstić information content (AvgIpc) is 3.43. The normalized spacial score (nSPS) is 23.2. The third-order valence-electron chi connectivity index (χ3n) is 8.27. The Labute approximate surface area is 208 Å². The number of nitrogens with zero attached hydrogens (tertiary/aromatic N) is 2. The van der Waals surface area contributed by atoms with Crippen LogP contribution in [0.15, 0.2) is 54.6 Å². The van der Waals surface area contributed by atoms with Gasteiger partial charge >= 0.3 is 6.03 Å². The van der Waals surface area contributed by atoms with E-state index < -0.39 is 5.54 Å². The Hall–Kier alpha value is -3.10. The van der Waals surface area contributed by atoms with Gasteiger partial charge in [0.25, 0.3) is 5.91 Å². The zero-order chi connectivity index (χ0) is 24.3. The highest BCUT2D eigenvalue weighted by Gasteiger charge is 2.55. The van der Waals surface area contributed by atoms with Crippen LogP contribution in [-0.4, -0.2) is 53.0 Å². The van der Waals surface area contributed by atoms with Crippen LogP contribution in [0.4, 0.5) is 4.79 Å². The van der Waals surface area contributed by atoms with Crippen molar-refractivity contribution >= 4 is 11.9 Å². The van der Waals surface area contributed by atoms with Gasteiger partial charge in [0.15, 0.2) is 0 Å². The summed E-state index contributed by atoms with van der Waals surface area (Å²) in [7, 11) is 0. The molecule has 35 heavy (non-hydrogen) atoms. The van der Waals surface area contributed by atoms with Gasteiger partial charge in [0, 0.05) is 6.04 Å². The Morgan fingerprint density at radius 2 is 1.63 bits per heavy atom. The van der Waals surface area contributed by atoms with Gasteiger partial charge in [-0.1, -0.05) is 60.5 Å². The van der Waals surface area contributed by atoms with E-state index in [1.54, 1.807) is 6.92 Å². The molecule has 5 rings (SSSR count). The highest BCUT2D eigenvalue weighted by molar-refractivity contribution is 6.07. The number of rotatable bonds is 7. The highest BCUT2D eigenvalue weighted by Crippen LogP contribution is 2.39. The number of fused-ring (bicyclic) bond motifs is 1. The van der Waals surface area contributed by atoms with Crippen molar-refractivity contribution in [1.82, 2.24) is 15.1 Å². The molecule has 5 heteroatoms. The Morgan fingerprint density at radius 1 is 0.971 bits per heavy atom. The molecule has 2 heterocycles. The first-order valence-corrected chi connectivity index (χ1v) is 13.0. The summed E-state index contributed by atoms with van der Waals surface area (Å²) in [4.78, 5) is 30.6.